The van der Waals surface area contributed by atoms with Gasteiger partial charge >= 0.3 is 0 Å². The first-order chi connectivity index (χ1) is 7.66. The molecular formula is C12H12BrN3. The van der Waals surface area contributed by atoms with Crippen LogP contribution in [0.1, 0.15) is 5.56 Å². The topological polar surface area (TPSA) is 50.9 Å². The number of aromatic nitrogens is 1. The lowest BCUT2D eigenvalue weighted by molar-refractivity contribution is 1.31. The Balaban J connectivity index is 2.28. The van der Waals surface area contributed by atoms with E-state index in [9.17, 15) is 0 Å². The number of anilines is 3. The Kier molecular flexibility index (Phi) is 3.10. The van der Waals surface area contributed by atoms with Crippen molar-refractivity contribution in [3.63, 3.8) is 0 Å². The maximum Gasteiger partial charge on any atom is 0.153 e. The van der Waals surface area contributed by atoms with E-state index in [4.69, 9.17) is 5.73 Å². The van der Waals surface area contributed by atoms with E-state index < -0.39 is 0 Å². The maximum absolute atomic E-state index is 5.80. The van der Waals surface area contributed by atoms with Crippen molar-refractivity contribution in [2.75, 3.05) is 11.1 Å². The Hall–Kier alpha value is -1.55. The van der Waals surface area contributed by atoms with Crippen LogP contribution in [0.3, 0.4) is 0 Å². The molecule has 0 atom stereocenters. The number of halogens is 1. The standard InChI is InChI=1S/C12H12BrN3/c1-8-4-5-9(7-10(8)13)16-12-11(14)3-2-6-15-12/h2-7H,14H2,1H3,(H,15,16). The summed E-state index contributed by atoms with van der Waals surface area (Å²) in [6.45, 7) is 2.04. The van der Waals surface area contributed by atoms with E-state index in [1.165, 1.54) is 5.56 Å². The van der Waals surface area contributed by atoms with E-state index in [1.807, 2.05) is 37.3 Å². The number of nitrogens with one attached hydrogen (secondary N) is 1. The zero-order valence-electron chi connectivity index (χ0n) is 8.87. The lowest BCUT2D eigenvalue weighted by Gasteiger charge is -2.08. The minimum absolute atomic E-state index is 0.638. The monoisotopic (exact) mass is 277 g/mol. The van der Waals surface area contributed by atoms with Crippen LogP contribution in [-0.4, -0.2) is 4.98 Å². The minimum atomic E-state index is 0.638. The molecule has 16 heavy (non-hydrogen) atoms. The summed E-state index contributed by atoms with van der Waals surface area (Å²) in [7, 11) is 0. The highest BCUT2D eigenvalue weighted by Gasteiger charge is 2.01. The quantitative estimate of drug-likeness (QED) is 0.884. The van der Waals surface area contributed by atoms with Crippen LogP contribution in [-0.2, 0) is 0 Å². The summed E-state index contributed by atoms with van der Waals surface area (Å²) < 4.78 is 1.06. The van der Waals surface area contributed by atoms with E-state index in [0.29, 0.717) is 11.5 Å². The average Bonchev–Trinajstić information content (AvgIpc) is 2.27. The van der Waals surface area contributed by atoms with Crippen molar-refractivity contribution in [3.8, 4) is 0 Å². The lowest BCUT2D eigenvalue weighted by Crippen LogP contribution is -1.98. The zero-order chi connectivity index (χ0) is 11.5. The van der Waals surface area contributed by atoms with Gasteiger partial charge in [-0.25, -0.2) is 4.98 Å². The van der Waals surface area contributed by atoms with E-state index in [-0.39, 0.29) is 0 Å². The van der Waals surface area contributed by atoms with Gasteiger partial charge in [0, 0.05) is 16.4 Å². The Morgan fingerprint density at radius 2 is 2.12 bits per heavy atom. The highest BCUT2D eigenvalue weighted by atomic mass is 79.9. The molecule has 0 saturated heterocycles. The number of hydrogen-bond acceptors (Lipinski definition) is 3. The van der Waals surface area contributed by atoms with E-state index in [1.54, 1.807) is 6.20 Å². The first-order valence-corrected chi connectivity index (χ1v) is 5.70. The third-order valence-corrected chi connectivity index (χ3v) is 3.13. The fourth-order valence-electron chi connectivity index (χ4n) is 1.33. The average molecular weight is 278 g/mol. The van der Waals surface area contributed by atoms with Crippen molar-refractivity contribution >= 4 is 33.1 Å². The summed E-state index contributed by atoms with van der Waals surface area (Å²) >= 11 is 3.49. The molecule has 3 nitrogen and oxygen atoms in total. The predicted octanol–water partition coefficient (Wildman–Crippen LogP) is 3.48. The van der Waals surface area contributed by atoms with Crippen LogP contribution < -0.4 is 11.1 Å². The van der Waals surface area contributed by atoms with Crippen LogP contribution in [0.5, 0.6) is 0 Å². The molecule has 0 aliphatic carbocycles. The number of aryl methyl sites for hydroxylation is 1. The SMILES string of the molecule is Cc1ccc(Nc2ncccc2N)cc1Br. The van der Waals surface area contributed by atoms with E-state index >= 15 is 0 Å². The molecule has 0 fully saturated rings. The van der Waals surface area contributed by atoms with Crippen LogP contribution in [0.2, 0.25) is 0 Å². The number of benzene rings is 1. The number of rotatable bonds is 2. The van der Waals surface area contributed by atoms with Gasteiger partial charge in [-0.3, -0.25) is 0 Å². The largest absolute Gasteiger partial charge is 0.396 e. The Morgan fingerprint density at radius 3 is 2.81 bits per heavy atom. The third kappa shape index (κ3) is 2.33. The molecule has 0 bridgehead atoms. The number of nitrogens with two attached hydrogens (primary N) is 1. The molecular weight excluding hydrogens is 266 g/mol. The van der Waals surface area contributed by atoms with Gasteiger partial charge in [-0.05, 0) is 36.8 Å². The number of nitrogen functional groups attached to an aromatic ring is 1. The van der Waals surface area contributed by atoms with E-state index in [0.717, 1.165) is 10.2 Å². The van der Waals surface area contributed by atoms with Gasteiger partial charge < -0.3 is 11.1 Å². The molecule has 2 rings (SSSR count). The molecule has 2 aromatic rings. The molecule has 1 aromatic carbocycles. The van der Waals surface area contributed by atoms with Crippen LogP contribution in [0, 0.1) is 6.92 Å². The molecule has 82 valence electrons. The molecule has 0 aliphatic heterocycles. The van der Waals surface area contributed by atoms with Crippen molar-refractivity contribution in [1.29, 1.82) is 0 Å². The molecule has 0 spiro atoms. The number of hydrogen-bond donors (Lipinski definition) is 2. The van der Waals surface area contributed by atoms with Crippen molar-refractivity contribution < 1.29 is 0 Å². The molecule has 1 aromatic heterocycles. The molecule has 0 unspecified atom stereocenters. The molecule has 0 saturated carbocycles. The lowest BCUT2D eigenvalue weighted by atomic mass is 10.2. The van der Waals surface area contributed by atoms with Crippen molar-refractivity contribution in [1.82, 2.24) is 4.98 Å². The molecule has 3 N–H and O–H groups in total. The third-order valence-electron chi connectivity index (χ3n) is 2.27. The van der Waals surface area contributed by atoms with Crippen LogP contribution in [0.4, 0.5) is 17.2 Å². The molecule has 4 heteroatoms. The predicted molar refractivity (Wildman–Crippen MR) is 70.8 cm³/mol. The maximum atomic E-state index is 5.80. The van der Waals surface area contributed by atoms with Crippen molar-refractivity contribution in [3.05, 3.63) is 46.6 Å². The Labute approximate surface area is 103 Å². The van der Waals surface area contributed by atoms with Gasteiger partial charge in [-0.2, -0.15) is 0 Å². The van der Waals surface area contributed by atoms with Gasteiger partial charge in [-0.1, -0.05) is 22.0 Å². The number of nitrogens with zero attached hydrogens (tertiary/aromatic N) is 1. The van der Waals surface area contributed by atoms with Gasteiger partial charge in [0.2, 0.25) is 0 Å². The summed E-state index contributed by atoms with van der Waals surface area (Å²) in [6, 6.07) is 9.66. The second kappa shape index (κ2) is 4.53. The second-order valence-electron chi connectivity index (χ2n) is 3.53. The van der Waals surface area contributed by atoms with Crippen LogP contribution >= 0.6 is 15.9 Å². The second-order valence-corrected chi connectivity index (χ2v) is 4.38. The molecule has 1 heterocycles. The van der Waals surface area contributed by atoms with E-state index in [2.05, 4.69) is 26.2 Å². The van der Waals surface area contributed by atoms with Crippen molar-refractivity contribution in [2.45, 2.75) is 6.92 Å². The Bertz CT molecular complexity index is 511. The summed E-state index contributed by atoms with van der Waals surface area (Å²) in [5.74, 6) is 0.679. The van der Waals surface area contributed by atoms with Gasteiger partial charge in [0.25, 0.3) is 0 Å². The summed E-state index contributed by atoms with van der Waals surface area (Å²) in [6.07, 6.45) is 1.71. The van der Waals surface area contributed by atoms with Gasteiger partial charge in [0.15, 0.2) is 5.82 Å². The van der Waals surface area contributed by atoms with Crippen LogP contribution in [0.15, 0.2) is 41.0 Å². The zero-order valence-corrected chi connectivity index (χ0v) is 10.5. The highest BCUT2D eigenvalue weighted by Crippen LogP contribution is 2.24. The first kappa shape index (κ1) is 11.0. The number of pyridine rings is 1. The molecule has 0 amide bonds. The molecule has 0 aliphatic rings. The van der Waals surface area contributed by atoms with Crippen molar-refractivity contribution in [2.24, 2.45) is 0 Å². The van der Waals surface area contributed by atoms with Gasteiger partial charge in [0.05, 0.1) is 5.69 Å². The first-order valence-electron chi connectivity index (χ1n) is 4.90. The normalized spacial score (nSPS) is 10.1. The van der Waals surface area contributed by atoms with Gasteiger partial charge in [-0.15, -0.1) is 0 Å². The Morgan fingerprint density at radius 1 is 1.31 bits per heavy atom. The summed E-state index contributed by atoms with van der Waals surface area (Å²) in [5.41, 5.74) is 8.59. The summed E-state index contributed by atoms with van der Waals surface area (Å²) in [5, 5.41) is 3.17. The van der Waals surface area contributed by atoms with Crippen LogP contribution in [0.25, 0.3) is 0 Å². The fourth-order valence-corrected chi connectivity index (χ4v) is 1.71. The smallest absolute Gasteiger partial charge is 0.153 e. The summed E-state index contributed by atoms with van der Waals surface area (Å²) in [4.78, 5) is 4.17. The minimum Gasteiger partial charge on any atom is -0.396 e. The fraction of sp³-hybridized carbons (Fsp3) is 0.0833. The molecule has 0 radical (unpaired) electrons. The highest BCUT2D eigenvalue weighted by molar-refractivity contribution is 9.10. The van der Waals surface area contributed by atoms with Gasteiger partial charge in [0.1, 0.15) is 0 Å².